The van der Waals surface area contributed by atoms with Crippen LogP contribution in [0.4, 0.5) is 0 Å². The number of hydrogen-bond donors (Lipinski definition) is 1. The van der Waals surface area contributed by atoms with Crippen molar-refractivity contribution in [3.05, 3.63) is 30.1 Å². The fraction of sp³-hybridized carbons (Fsp3) is 0.583. The van der Waals surface area contributed by atoms with E-state index in [0.29, 0.717) is 6.10 Å². The van der Waals surface area contributed by atoms with Gasteiger partial charge in [-0.3, -0.25) is 4.98 Å². The minimum absolute atomic E-state index is 0.322. The number of ether oxygens (including phenoxy) is 1. The molecule has 3 heteroatoms. The molecule has 3 nitrogen and oxygen atoms in total. The van der Waals surface area contributed by atoms with Crippen LogP contribution in [0.3, 0.4) is 0 Å². The van der Waals surface area contributed by atoms with Gasteiger partial charge in [0.1, 0.15) is 0 Å². The van der Waals surface area contributed by atoms with E-state index in [-0.39, 0.29) is 0 Å². The van der Waals surface area contributed by atoms with Crippen LogP contribution in [0.2, 0.25) is 0 Å². The van der Waals surface area contributed by atoms with Gasteiger partial charge in [0, 0.05) is 31.4 Å². The summed E-state index contributed by atoms with van der Waals surface area (Å²) in [6.45, 7) is 6.74. The Bertz CT molecular complexity index is 249. The first kappa shape index (κ1) is 12.1. The Balaban J connectivity index is 1.98. The largest absolute Gasteiger partial charge is 0.377 e. The molecule has 1 rings (SSSR count). The predicted molar refractivity (Wildman–Crippen MR) is 61.9 cm³/mol. The molecule has 1 heterocycles. The molecule has 1 aromatic rings. The van der Waals surface area contributed by atoms with Crippen molar-refractivity contribution in [2.75, 3.05) is 19.7 Å². The summed E-state index contributed by atoms with van der Waals surface area (Å²) in [7, 11) is 0. The molecule has 1 N–H and O–H groups in total. The number of nitrogens with zero attached hydrogens (tertiary/aromatic N) is 1. The van der Waals surface area contributed by atoms with E-state index in [1.165, 1.54) is 0 Å². The predicted octanol–water partition coefficient (Wildman–Crippen LogP) is 1.64. The normalized spacial score (nSPS) is 10.9. The molecule has 0 amide bonds. The van der Waals surface area contributed by atoms with E-state index in [9.17, 15) is 0 Å². The van der Waals surface area contributed by atoms with Crippen LogP contribution in [-0.4, -0.2) is 30.8 Å². The van der Waals surface area contributed by atoms with E-state index in [0.717, 1.165) is 31.8 Å². The van der Waals surface area contributed by atoms with Crippen molar-refractivity contribution in [2.24, 2.45) is 0 Å². The van der Waals surface area contributed by atoms with Crippen molar-refractivity contribution in [1.82, 2.24) is 10.3 Å². The first-order chi connectivity index (χ1) is 7.29. The molecule has 0 spiro atoms. The van der Waals surface area contributed by atoms with E-state index in [2.05, 4.69) is 10.3 Å². The molecular formula is C12H20N2O. The SMILES string of the molecule is CC(C)OCCNCCc1ccccn1. The van der Waals surface area contributed by atoms with Crippen LogP contribution in [0.25, 0.3) is 0 Å². The lowest BCUT2D eigenvalue weighted by Crippen LogP contribution is -2.23. The van der Waals surface area contributed by atoms with Crippen LogP contribution in [0.15, 0.2) is 24.4 Å². The summed E-state index contributed by atoms with van der Waals surface area (Å²) in [6.07, 6.45) is 3.13. The molecule has 1 aromatic heterocycles. The summed E-state index contributed by atoms with van der Waals surface area (Å²) in [5, 5.41) is 3.32. The molecule has 0 radical (unpaired) electrons. The Kier molecular flexibility index (Phi) is 5.97. The number of nitrogens with one attached hydrogen (secondary N) is 1. The Morgan fingerprint density at radius 3 is 2.87 bits per heavy atom. The van der Waals surface area contributed by atoms with E-state index in [4.69, 9.17) is 4.74 Å². The van der Waals surface area contributed by atoms with Crippen LogP contribution in [0, 0.1) is 0 Å². The van der Waals surface area contributed by atoms with Crippen LogP contribution in [0.5, 0.6) is 0 Å². The van der Waals surface area contributed by atoms with Gasteiger partial charge in [0.2, 0.25) is 0 Å². The third-order valence-electron chi connectivity index (χ3n) is 2.01. The van der Waals surface area contributed by atoms with Crippen LogP contribution in [-0.2, 0) is 11.2 Å². The van der Waals surface area contributed by atoms with Crippen molar-refractivity contribution in [3.63, 3.8) is 0 Å². The summed E-state index contributed by atoms with van der Waals surface area (Å²) in [4.78, 5) is 4.25. The Labute approximate surface area is 91.9 Å². The summed E-state index contributed by atoms with van der Waals surface area (Å²) < 4.78 is 5.42. The number of rotatable bonds is 7. The van der Waals surface area contributed by atoms with E-state index in [1.807, 2.05) is 38.2 Å². The van der Waals surface area contributed by atoms with Gasteiger partial charge < -0.3 is 10.1 Å². The molecule has 0 saturated heterocycles. The molecule has 0 bridgehead atoms. The maximum Gasteiger partial charge on any atom is 0.0594 e. The van der Waals surface area contributed by atoms with Gasteiger partial charge in [0.05, 0.1) is 12.7 Å². The number of pyridine rings is 1. The lowest BCUT2D eigenvalue weighted by atomic mass is 10.3. The van der Waals surface area contributed by atoms with Crippen LogP contribution in [0.1, 0.15) is 19.5 Å². The fourth-order valence-corrected chi connectivity index (χ4v) is 1.25. The van der Waals surface area contributed by atoms with Crippen molar-refractivity contribution < 1.29 is 4.74 Å². The van der Waals surface area contributed by atoms with Gasteiger partial charge in [-0.15, -0.1) is 0 Å². The first-order valence-corrected chi connectivity index (χ1v) is 5.51. The van der Waals surface area contributed by atoms with Gasteiger partial charge in [-0.1, -0.05) is 6.07 Å². The Morgan fingerprint density at radius 2 is 2.20 bits per heavy atom. The second-order valence-corrected chi connectivity index (χ2v) is 3.74. The smallest absolute Gasteiger partial charge is 0.0594 e. The van der Waals surface area contributed by atoms with Crippen molar-refractivity contribution in [1.29, 1.82) is 0 Å². The average molecular weight is 208 g/mol. The highest BCUT2D eigenvalue weighted by Crippen LogP contribution is 1.92. The minimum atomic E-state index is 0.322. The Morgan fingerprint density at radius 1 is 1.33 bits per heavy atom. The van der Waals surface area contributed by atoms with Gasteiger partial charge in [0.15, 0.2) is 0 Å². The molecule has 0 aliphatic heterocycles. The maximum absolute atomic E-state index is 5.42. The Hall–Kier alpha value is -0.930. The van der Waals surface area contributed by atoms with Crippen molar-refractivity contribution in [2.45, 2.75) is 26.4 Å². The summed E-state index contributed by atoms with van der Waals surface area (Å²) >= 11 is 0. The summed E-state index contributed by atoms with van der Waals surface area (Å²) in [5.74, 6) is 0. The lowest BCUT2D eigenvalue weighted by molar-refractivity contribution is 0.0810. The average Bonchev–Trinajstić information content (AvgIpc) is 2.24. The monoisotopic (exact) mass is 208 g/mol. The van der Waals surface area contributed by atoms with Gasteiger partial charge >= 0.3 is 0 Å². The number of hydrogen-bond acceptors (Lipinski definition) is 3. The highest BCUT2D eigenvalue weighted by Gasteiger charge is 1.94. The summed E-state index contributed by atoms with van der Waals surface area (Å²) in [6, 6.07) is 6.00. The molecular weight excluding hydrogens is 188 g/mol. The molecule has 0 unspecified atom stereocenters. The van der Waals surface area contributed by atoms with Gasteiger partial charge in [0.25, 0.3) is 0 Å². The molecule has 0 atom stereocenters. The zero-order valence-corrected chi connectivity index (χ0v) is 9.57. The summed E-state index contributed by atoms with van der Waals surface area (Å²) in [5.41, 5.74) is 1.13. The van der Waals surface area contributed by atoms with Gasteiger partial charge in [-0.05, 0) is 26.0 Å². The fourth-order valence-electron chi connectivity index (χ4n) is 1.25. The third kappa shape index (κ3) is 6.20. The first-order valence-electron chi connectivity index (χ1n) is 5.51. The van der Waals surface area contributed by atoms with Crippen LogP contribution >= 0.6 is 0 Å². The van der Waals surface area contributed by atoms with Crippen LogP contribution < -0.4 is 5.32 Å². The number of aromatic nitrogens is 1. The molecule has 0 fully saturated rings. The second kappa shape index (κ2) is 7.37. The maximum atomic E-state index is 5.42. The standard InChI is InChI=1S/C12H20N2O/c1-11(2)15-10-9-13-8-6-12-5-3-4-7-14-12/h3-5,7,11,13H,6,8-10H2,1-2H3. The van der Waals surface area contributed by atoms with Gasteiger partial charge in [-0.25, -0.2) is 0 Å². The highest BCUT2D eigenvalue weighted by molar-refractivity contribution is 5.03. The van der Waals surface area contributed by atoms with Gasteiger partial charge in [-0.2, -0.15) is 0 Å². The topological polar surface area (TPSA) is 34.1 Å². The molecule has 84 valence electrons. The third-order valence-corrected chi connectivity index (χ3v) is 2.01. The lowest BCUT2D eigenvalue weighted by Gasteiger charge is -2.08. The minimum Gasteiger partial charge on any atom is -0.377 e. The molecule has 0 aromatic carbocycles. The zero-order valence-electron chi connectivity index (χ0n) is 9.57. The highest BCUT2D eigenvalue weighted by atomic mass is 16.5. The molecule has 15 heavy (non-hydrogen) atoms. The van der Waals surface area contributed by atoms with Crippen molar-refractivity contribution >= 4 is 0 Å². The quantitative estimate of drug-likeness (QED) is 0.692. The van der Waals surface area contributed by atoms with Crippen molar-refractivity contribution in [3.8, 4) is 0 Å². The van der Waals surface area contributed by atoms with E-state index in [1.54, 1.807) is 0 Å². The molecule has 0 saturated carbocycles. The van der Waals surface area contributed by atoms with E-state index < -0.39 is 0 Å². The second-order valence-electron chi connectivity index (χ2n) is 3.74. The van der Waals surface area contributed by atoms with E-state index >= 15 is 0 Å². The zero-order chi connectivity index (χ0) is 10.9. The molecule has 0 aliphatic rings. The molecule has 0 aliphatic carbocycles.